The Balaban J connectivity index is 1.89. The minimum atomic E-state index is -0.313. The van der Waals surface area contributed by atoms with Crippen LogP contribution in [0.3, 0.4) is 0 Å². The molecule has 0 saturated heterocycles. The molecule has 0 radical (unpaired) electrons. The van der Waals surface area contributed by atoms with Gasteiger partial charge in [0, 0.05) is 16.3 Å². The number of carbonyl (C=O) groups excluding carboxylic acids is 2. The van der Waals surface area contributed by atoms with Crippen LogP contribution in [0.4, 0.5) is 5.69 Å². The molecule has 5 nitrogen and oxygen atoms in total. The van der Waals surface area contributed by atoms with Crippen molar-refractivity contribution < 1.29 is 14.3 Å². The number of anilines is 1. The van der Waals surface area contributed by atoms with Gasteiger partial charge >= 0.3 is 0 Å². The second-order valence-corrected chi connectivity index (χ2v) is 5.59. The average Bonchev–Trinajstić information content (AvgIpc) is 2.57. The molecule has 2 N–H and O–H groups in total. The monoisotopic (exact) mass is 346 g/mol. The minimum absolute atomic E-state index is 0.117. The summed E-state index contributed by atoms with van der Waals surface area (Å²) in [6.07, 6.45) is 0. The predicted molar refractivity (Wildman–Crippen MR) is 94.8 cm³/mol. The van der Waals surface area contributed by atoms with Gasteiger partial charge in [0.15, 0.2) is 0 Å². The van der Waals surface area contributed by atoms with Gasteiger partial charge in [-0.25, -0.2) is 0 Å². The second kappa shape index (κ2) is 8.36. The summed E-state index contributed by atoms with van der Waals surface area (Å²) in [6.45, 7) is 4.22. The van der Waals surface area contributed by atoms with Gasteiger partial charge in [-0.3, -0.25) is 9.59 Å². The molecule has 6 heteroatoms. The average molecular weight is 347 g/mol. The molecule has 0 spiro atoms. The van der Waals surface area contributed by atoms with Crippen LogP contribution >= 0.6 is 11.6 Å². The van der Waals surface area contributed by atoms with E-state index in [1.807, 2.05) is 13.8 Å². The molecule has 2 aromatic carbocycles. The van der Waals surface area contributed by atoms with Crippen LogP contribution in [0.2, 0.25) is 5.02 Å². The van der Waals surface area contributed by atoms with Crippen molar-refractivity contribution in [2.75, 3.05) is 18.5 Å². The van der Waals surface area contributed by atoms with Crippen molar-refractivity contribution in [1.82, 2.24) is 5.32 Å². The summed E-state index contributed by atoms with van der Waals surface area (Å²) in [5.74, 6) is 0.121. The maximum atomic E-state index is 12.1. The predicted octanol–water partition coefficient (Wildman–Crippen LogP) is 3.42. The summed E-state index contributed by atoms with van der Waals surface area (Å²) in [5.41, 5.74) is 1.97. The molecular formula is C18H19ClN2O3. The Hall–Kier alpha value is -2.53. The Kier molecular flexibility index (Phi) is 6.21. The number of hydrogen-bond donors (Lipinski definition) is 2. The van der Waals surface area contributed by atoms with Crippen LogP contribution in [0.1, 0.15) is 22.8 Å². The molecule has 2 amide bonds. The van der Waals surface area contributed by atoms with E-state index < -0.39 is 0 Å². The molecule has 0 aliphatic heterocycles. The molecule has 2 rings (SSSR count). The van der Waals surface area contributed by atoms with E-state index in [4.69, 9.17) is 16.3 Å². The molecule has 0 atom stereocenters. The van der Waals surface area contributed by atoms with Crippen LogP contribution in [-0.2, 0) is 4.79 Å². The van der Waals surface area contributed by atoms with Crippen LogP contribution in [0.5, 0.6) is 5.75 Å². The van der Waals surface area contributed by atoms with Gasteiger partial charge in [-0.05, 0) is 61.9 Å². The maximum Gasteiger partial charge on any atom is 0.251 e. The number of halogens is 1. The summed E-state index contributed by atoms with van der Waals surface area (Å²) in [5, 5.41) is 5.86. The molecule has 0 aliphatic carbocycles. The Bertz CT molecular complexity index is 730. The Labute approximate surface area is 146 Å². The first-order valence-corrected chi connectivity index (χ1v) is 7.94. The van der Waals surface area contributed by atoms with Crippen molar-refractivity contribution in [3.05, 3.63) is 58.6 Å². The summed E-state index contributed by atoms with van der Waals surface area (Å²) >= 11 is 5.78. The molecule has 126 valence electrons. The van der Waals surface area contributed by atoms with E-state index >= 15 is 0 Å². The zero-order valence-electron chi connectivity index (χ0n) is 13.6. The quantitative estimate of drug-likeness (QED) is 0.842. The normalized spacial score (nSPS) is 10.1. The second-order valence-electron chi connectivity index (χ2n) is 5.15. The van der Waals surface area contributed by atoms with Gasteiger partial charge in [-0.2, -0.15) is 0 Å². The van der Waals surface area contributed by atoms with Crippen molar-refractivity contribution >= 4 is 29.1 Å². The van der Waals surface area contributed by atoms with Crippen molar-refractivity contribution in [2.45, 2.75) is 13.8 Å². The maximum absolute atomic E-state index is 12.1. The zero-order valence-corrected chi connectivity index (χ0v) is 14.3. The molecule has 0 fully saturated rings. The Morgan fingerprint density at radius 2 is 1.83 bits per heavy atom. The molecule has 0 bridgehead atoms. The molecule has 24 heavy (non-hydrogen) atoms. The lowest BCUT2D eigenvalue weighted by Gasteiger charge is -2.10. The number of carbonyl (C=O) groups is 2. The van der Waals surface area contributed by atoms with E-state index in [1.165, 1.54) is 0 Å². The third kappa shape index (κ3) is 4.99. The van der Waals surface area contributed by atoms with Gasteiger partial charge in [0.05, 0.1) is 13.2 Å². The van der Waals surface area contributed by atoms with Gasteiger partial charge in [0.25, 0.3) is 5.91 Å². The first kappa shape index (κ1) is 17.8. The van der Waals surface area contributed by atoms with Gasteiger partial charge in [0.2, 0.25) is 5.91 Å². The van der Waals surface area contributed by atoms with Crippen LogP contribution in [0.15, 0.2) is 42.5 Å². The van der Waals surface area contributed by atoms with Crippen LogP contribution in [0.25, 0.3) is 0 Å². The minimum Gasteiger partial charge on any atom is -0.494 e. The highest BCUT2D eigenvalue weighted by atomic mass is 35.5. The van der Waals surface area contributed by atoms with Crippen LogP contribution in [0, 0.1) is 6.92 Å². The molecule has 2 aromatic rings. The fourth-order valence-corrected chi connectivity index (χ4v) is 2.24. The van der Waals surface area contributed by atoms with E-state index in [0.29, 0.717) is 22.9 Å². The SMILES string of the molecule is CCOc1ccc(C(=O)NCC(=O)Nc2ccc(Cl)cc2)cc1C. The Morgan fingerprint density at radius 1 is 1.12 bits per heavy atom. The number of benzene rings is 2. The summed E-state index contributed by atoms with van der Waals surface area (Å²) in [6, 6.07) is 11.9. The van der Waals surface area contributed by atoms with Crippen molar-refractivity contribution in [2.24, 2.45) is 0 Å². The molecule has 0 unspecified atom stereocenters. The third-order valence-corrected chi connectivity index (χ3v) is 3.53. The summed E-state index contributed by atoms with van der Waals surface area (Å²) in [7, 11) is 0. The molecule has 0 aromatic heterocycles. The molecule has 0 heterocycles. The highest BCUT2D eigenvalue weighted by molar-refractivity contribution is 6.30. The number of aryl methyl sites for hydroxylation is 1. The number of amides is 2. The molecule has 0 saturated carbocycles. The summed E-state index contributed by atoms with van der Waals surface area (Å²) < 4.78 is 5.44. The zero-order chi connectivity index (χ0) is 17.5. The van der Waals surface area contributed by atoms with Crippen LogP contribution < -0.4 is 15.4 Å². The lowest BCUT2D eigenvalue weighted by molar-refractivity contribution is -0.115. The standard InChI is InChI=1S/C18H19ClN2O3/c1-3-24-16-9-4-13(10-12(16)2)18(23)20-11-17(22)21-15-7-5-14(19)6-8-15/h4-10H,3,11H2,1-2H3,(H,20,23)(H,21,22). The van der Waals surface area contributed by atoms with E-state index in [1.54, 1.807) is 42.5 Å². The van der Waals surface area contributed by atoms with Crippen LogP contribution in [-0.4, -0.2) is 25.0 Å². The number of nitrogens with one attached hydrogen (secondary N) is 2. The van der Waals surface area contributed by atoms with Gasteiger partial charge in [-0.1, -0.05) is 11.6 Å². The van der Waals surface area contributed by atoms with Crippen molar-refractivity contribution in [3.8, 4) is 5.75 Å². The lowest BCUT2D eigenvalue weighted by atomic mass is 10.1. The lowest BCUT2D eigenvalue weighted by Crippen LogP contribution is -2.32. The fraction of sp³-hybridized carbons (Fsp3) is 0.222. The Morgan fingerprint density at radius 3 is 2.46 bits per heavy atom. The van der Waals surface area contributed by atoms with Crippen molar-refractivity contribution in [3.63, 3.8) is 0 Å². The van der Waals surface area contributed by atoms with Crippen molar-refractivity contribution in [1.29, 1.82) is 0 Å². The van der Waals surface area contributed by atoms with E-state index in [-0.39, 0.29) is 18.4 Å². The summed E-state index contributed by atoms with van der Waals surface area (Å²) in [4.78, 5) is 24.0. The highest BCUT2D eigenvalue weighted by Crippen LogP contribution is 2.19. The smallest absolute Gasteiger partial charge is 0.251 e. The molecule has 0 aliphatic rings. The fourth-order valence-electron chi connectivity index (χ4n) is 2.11. The topological polar surface area (TPSA) is 67.4 Å². The third-order valence-electron chi connectivity index (χ3n) is 3.27. The van der Waals surface area contributed by atoms with E-state index in [9.17, 15) is 9.59 Å². The largest absolute Gasteiger partial charge is 0.494 e. The first-order valence-electron chi connectivity index (χ1n) is 7.56. The highest BCUT2D eigenvalue weighted by Gasteiger charge is 2.10. The number of rotatable bonds is 6. The van der Waals surface area contributed by atoms with Gasteiger partial charge in [0.1, 0.15) is 5.75 Å². The number of hydrogen-bond acceptors (Lipinski definition) is 3. The van der Waals surface area contributed by atoms with E-state index in [2.05, 4.69) is 10.6 Å². The first-order chi connectivity index (χ1) is 11.5. The van der Waals surface area contributed by atoms with Gasteiger partial charge in [-0.15, -0.1) is 0 Å². The number of ether oxygens (including phenoxy) is 1. The molecular weight excluding hydrogens is 328 g/mol. The van der Waals surface area contributed by atoms with E-state index in [0.717, 1.165) is 11.3 Å². The van der Waals surface area contributed by atoms with Gasteiger partial charge < -0.3 is 15.4 Å².